The van der Waals surface area contributed by atoms with E-state index in [1.165, 1.54) is 0 Å². The molecule has 3 rings (SSSR count). The lowest BCUT2D eigenvalue weighted by Crippen LogP contribution is -2.47. The molecule has 0 aromatic heterocycles. The molecular formula is C18H19N3O4S. The number of carbonyl (C=O) groups is 3. The number of amides is 2. The second-order valence-electron chi connectivity index (χ2n) is 6.45. The van der Waals surface area contributed by atoms with Gasteiger partial charge in [0.1, 0.15) is 6.04 Å². The highest BCUT2D eigenvalue weighted by Gasteiger charge is 2.53. The van der Waals surface area contributed by atoms with Gasteiger partial charge in [-0.25, -0.2) is 4.79 Å². The number of ether oxygens (including phenoxy) is 1. The molecule has 0 unspecified atom stereocenters. The fraction of sp³-hybridized carbons (Fsp3) is 0.444. The second kappa shape index (κ2) is 7.38. The average molecular weight is 373 g/mol. The molecule has 0 spiro atoms. The predicted octanol–water partition coefficient (Wildman–Crippen LogP) is 1.69. The standard InChI is InChI=1S/C18H19N3O4S/c1-18-8-6-16(23)21(18)14(11-26-18)17(24)25-10-15(22)20-13-4-2-12(3-5-13)7-9-19/h2-5,14H,6-8,10-11H2,1H3,(H,20,22)/t14-,18+/m1/s1. The summed E-state index contributed by atoms with van der Waals surface area (Å²) in [5.74, 6) is -0.548. The Balaban J connectivity index is 1.51. The number of anilines is 1. The quantitative estimate of drug-likeness (QED) is 0.789. The van der Waals surface area contributed by atoms with E-state index in [-0.39, 0.29) is 10.8 Å². The SMILES string of the molecule is C[C@]12CCC(=O)N1[C@@H](C(=O)OCC(=O)Nc1ccc(CC#N)cc1)CS2. The molecule has 2 fully saturated rings. The summed E-state index contributed by atoms with van der Waals surface area (Å²) >= 11 is 1.58. The van der Waals surface area contributed by atoms with Gasteiger partial charge < -0.3 is 15.0 Å². The number of rotatable bonds is 5. The highest BCUT2D eigenvalue weighted by molar-refractivity contribution is 8.01. The van der Waals surface area contributed by atoms with Gasteiger partial charge in [-0.3, -0.25) is 9.59 Å². The van der Waals surface area contributed by atoms with Crippen molar-refractivity contribution in [2.75, 3.05) is 17.7 Å². The topological polar surface area (TPSA) is 99.5 Å². The summed E-state index contributed by atoms with van der Waals surface area (Å²) in [7, 11) is 0. The number of thioether (sulfide) groups is 1. The molecule has 136 valence electrons. The number of carbonyl (C=O) groups excluding carboxylic acids is 3. The van der Waals surface area contributed by atoms with Crippen molar-refractivity contribution < 1.29 is 19.1 Å². The van der Waals surface area contributed by atoms with E-state index in [0.717, 1.165) is 12.0 Å². The predicted molar refractivity (Wildman–Crippen MR) is 96.1 cm³/mol. The molecule has 1 N–H and O–H groups in total. The van der Waals surface area contributed by atoms with Crippen LogP contribution in [0, 0.1) is 11.3 Å². The first-order chi connectivity index (χ1) is 12.4. The molecule has 2 heterocycles. The maximum atomic E-state index is 12.3. The van der Waals surface area contributed by atoms with E-state index < -0.39 is 24.5 Å². The van der Waals surface area contributed by atoms with Gasteiger partial charge in [0.05, 0.1) is 17.4 Å². The normalized spacial score (nSPS) is 24.1. The van der Waals surface area contributed by atoms with E-state index in [2.05, 4.69) is 11.4 Å². The minimum atomic E-state index is -0.627. The van der Waals surface area contributed by atoms with Crippen LogP contribution in [0.1, 0.15) is 25.3 Å². The zero-order valence-corrected chi connectivity index (χ0v) is 15.2. The van der Waals surface area contributed by atoms with Gasteiger partial charge >= 0.3 is 5.97 Å². The number of nitriles is 1. The highest BCUT2D eigenvalue weighted by Crippen LogP contribution is 2.47. The molecule has 2 saturated heterocycles. The Labute approximate surface area is 155 Å². The lowest BCUT2D eigenvalue weighted by molar-refractivity contribution is -0.155. The third-order valence-corrected chi connectivity index (χ3v) is 6.09. The smallest absolute Gasteiger partial charge is 0.330 e. The van der Waals surface area contributed by atoms with E-state index in [1.54, 1.807) is 40.9 Å². The fourth-order valence-corrected chi connectivity index (χ4v) is 4.64. The number of esters is 1. The molecule has 2 aliphatic rings. The number of benzene rings is 1. The summed E-state index contributed by atoms with van der Waals surface area (Å²) in [4.78, 5) is 37.6. The van der Waals surface area contributed by atoms with Gasteiger partial charge in [-0.15, -0.1) is 11.8 Å². The van der Waals surface area contributed by atoms with Gasteiger partial charge in [0.2, 0.25) is 5.91 Å². The average Bonchev–Trinajstić information content (AvgIpc) is 3.11. The Kier molecular flexibility index (Phi) is 5.18. The zero-order chi connectivity index (χ0) is 18.7. The lowest BCUT2D eigenvalue weighted by atomic mass is 10.1. The van der Waals surface area contributed by atoms with Crippen LogP contribution in [0.2, 0.25) is 0 Å². The van der Waals surface area contributed by atoms with Crippen molar-refractivity contribution in [3.63, 3.8) is 0 Å². The van der Waals surface area contributed by atoms with Gasteiger partial charge in [-0.2, -0.15) is 5.26 Å². The Morgan fingerprint density at radius 1 is 1.42 bits per heavy atom. The van der Waals surface area contributed by atoms with Crippen LogP contribution < -0.4 is 5.32 Å². The summed E-state index contributed by atoms with van der Waals surface area (Å²) in [6.45, 7) is 1.55. The van der Waals surface area contributed by atoms with Crippen LogP contribution in [0.3, 0.4) is 0 Å². The Morgan fingerprint density at radius 3 is 2.85 bits per heavy atom. The summed E-state index contributed by atoms with van der Waals surface area (Å²) in [6, 6.07) is 8.30. The number of hydrogen-bond acceptors (Lipinski definition) is 6. The molecule has 0 saturated carbocycles. The van der Waals surface area contributed by atoms with Crippen LogP contribution in [0.25, 0.3) is 0 Å². The number of nitrogens with zero attached hydrogens (tertiary/aromatic N) is 2. The van der Waals surface area contributed by atoms with Crippen molar-refractivity contribution in [1.29, 1.82) is 5.26 Å². The van der Waals surface area contributed by atoms with Crippen molar-refractivity contribution in [3.8, 4) is 6.07 Å². The maximum Gasteiger partial charge on any atom is 0.330 e. The van der Waals surface area contributed by atoms with Crippen molar-refractivity contribution in [1.82, 2.24) is 4.90 Å². The molecule has 7 nitrogen and oxygen atoms in total. The fourth-order valence-electron chi connectivity index (χ4n) is 3.22. The van der Waals surface area contributed by atoms with E-state index >= 15 is 0 Å². The van der Waals surface area contributed by atoms with Crippen LogP contribution >= 0.6 is 11.8 Å². The molecule has 26 heavy (non-hydrogen) atoms. The monoisotopic (exact) mass is 373 g/mol. The Bertz CT molecular complexity index is 774. The van der Waals surface area contributed by atoms with Crippen LogP contribution in [0.15, 0.2) is 24.3 Å². The van der Waals surface area contributed by atoms with Gasteiger partial charge in [0, 0.05) is 17.9 Å². The highest BCUT2D eigenvalue weighted by atomic mass is 32.2. The molecule has 8 heteroatoms. The van der Waals surface area contributed by atoms with Crippen LogP contribution in [-0.4, -0.2) is 46.0 Å². The maximum absolute atomic E-state index is 12.3. The number of hydrogen-bond donors (Lipinski definition) is 1. The van der Waals surface area contributed by atoms with Crippen LogP contribution in [0.4, 0.5) is 5.69 Å². The largest absolute Gasteiger partial charge is 0.454 e. The van der Waals surface area contributed by atoms with Crippen LogP contribution in [0.5, 0.6) is 0 Å². The lowest BCUT2D eigenvalue weighted by Gasteiger charge is -2.29. The van der Waals surface area contributed by atoms with E-state index in [4.69, 9.17) is 10.00 Å². The van der Waals surface area contributed by atoms with Gasteiger partial charge in [0.25, 0.3) is 5.91 Å². The molecule has 2 atom stereocenters. The first-order valence-electron chi connectivity index (χ1n) is 8.31. The van der Waals surface area contributed by atoms with Gasteiger partial charge in [0.15, 0.2) is 6.61 Å². The third kappa shape index (κ3) is 3.68. The summed E-state index contributed by atoms with van der Waals surface area (Å²) in [5.41, 5.74) is 1.42. The van der Waals surface area contributed by atoms with Crippen molar-refractivity contribution >= 4 is 35.2 Å². The molecule has 2 aliphatic heterocycles. The van der Waals surface area contributed by atoms with Crippen molar-refractivity contribution in [2.24, 2.45) is 0 Å². The summed E-state index contributed by atoms with van der Waals surface area (Å²) < 4.78 is 5.12. The molecule has 0 radical (unpaired) electrons. The van der Waals surface area contributed by atoms with E-state index in [0.29, 0.717) is 24.3 Å². The third-order valence-electron chi connectivity index (χ3n) is 4.58. The molecule has 1 aromatic carbocycles. The Hall–Kier alpha value is -2.53. The molecule has 0 bridgehead atoms. The second-order valence-corrected chi connectivity index (χ2v) is 7.95. The van der Waals surface area contributed by atoms with E-state index in [9.17, 15) is 14.4 Å². The first-order valence-corrected chi connectivity index (χ1v) is 9.30. The summed E-state index contributed by atoms with van der Waals surface area (Å²) in [5, 5.41) is 11.3. The summed E-state index contributed by atoms with van der Waals surface area (Å²) in [6.07, 6.45) is 1.47. The van der Waals surface area contributed by atoms with Crippen molar-refractivity contribution in [2.45, 2.75) is 37.1 Å². The number of fused-ring (bicyclic) bond motifs is 1. The molecular weight excluding hydrogens is 354 g/mol. The van der Waals surface area contributed by atoms with E-state index in [1.807, 2.05) is 6.92 Å². The first kappa shape index (κ1) is 18.3. The minimum absolute atomic E-state index is 0.0404. The molecule has 0 aliphatic carbocycles. The van der Waals surface area contributed by atoms with Gasteiger partial charge in [-0.1, -0.05) is 12.1 Å². The molecule has 1 aromatic rings. The molecule has 2 amide bonds. The van der Waals surface area contributed by atoms with Crippen LogP contribution in [-0.2, 0) is 25.5 Å². The number of nitrogens with one attached hydrogen (secondary N) is 1. The van der Waals surface area contributed by atoms with Crippen molar-refractivity contribution in [3.05, 3.63) is 29.8 Å². The minimum Gasteiger partial charge on any atom is -0.454 e. The van der Waals surface area contributed by atoms with Gasteiger partial charge in [-0.05, 0) is 31.0 Å². The Morgan fingerprint density at radius 2 is 2.15 bits per heavy atom. The zero-order valence-electron chi connectivity index (χ0n) is 14.4.